The first-order valence-electron chi connectivity index (χ1n) is 7.07. The number of carboxylic acids is 1. The number of nitrogens with zero attached hydrogens (tertiary/aromatic N) is 3. The van der Waals surface area contributed by atoms with Crippen molar-refractivity contribution in [2.24, 2.45) is 0 Å². The van der Waals surface area contributed by atoms with Gasteiger partial charge in [0.15, 0.2) is 0 Å². The van der Waals surface area contributed by atoms with E-state index in [4.69, 9.17) is 5.11 Å². The molecule has 106 valence electrons. The zero-order valence-electron chi connectivity index (χ0n) is 11.2. The van der Waals surface area contributed by atoms with E-state index in [1.807, 2.05) is 0 Å². The number of fused-ring (bicyclic) bond motifs is 1. The van der Waals surface area contributed by atoms with Crippen LogP contribution < -0.4 is 5.69 Å². The molecule has 0 radical (unpaired) electrons. The van der Waals surface area contributed by atoms with E-state index in [2.05, 4.69) is 5.10 Å². The van der Waals surface area contributed by atoms with Crippen molar-refractivity contribution in [2.45, 2.75) is 64.5 Å². The van der Waals surface area contributed by atoms with Crippen molar-refractivity contribution < 1.29 is 9.90 Å². The number of aliphatic carboxylic acids is 1. The Kier molecular flexibility index (Phi) is 4.76. The summed E-state index contributed by atoms with van der Waals surface area (Å²) in [6.45, 7) is 1.38. The van der Waals surface area contributed by atoms with Crippen molar-refractivity contribution in [2.75, 3.05) is 0 Å². The van der Waals surface area contributed by atoms with Gasteiger partial charge >= 0.3 is 11.7 Å². The zero-order valence-corrected chi connectivity index (χ0v) is 11.2. The van der Waals surface area contributed by atoms with Crippen LogP contribution in [0, 0.1) is 0 Å². The van der Waals surface area contributed by atoms with Gasteiger partial charge in [-0.05, 0) is 25.7 Å². The molecule has 2 heterocycles. The van der Waals surface area contributed by atoms with Gasteiger partial charge < -0.3 is 5.11 Å². The fraction of sp³-hybridized carbons (Fsp3) is 0.769. The van der Waals surface area contributed by atoms with Gasteiger partial charge in [0.1, 0.15) is 5.82 Å². The van der Waals surface area contributed by atoms with Crippen LogP contribution in [0.5, 0.6) is 0 Å². The van der Waals surface area contributed by atoms with Crippen molar-refractivity contribution in [1.29, 1.82) is 0 Å². The molecule has 0 saturated carbocycles. The number of carboxylic acid groups (broad SMARTS) is 1. The molecule has 1 aromatic rings. The van der Waals surface area contributed by atoms with Gasteiger partial charge in [-0.3, -0.25) is 9.36 Å². The smallest absolute Gasteiger partial charge is 0.345 e. The minimum atomic E-state index is -0.758. The SMILES string of the molecule is O=C(O)CCCCCn1nc2n(c1=O)CCCCC2. The lowest BCUT2D eigenvalue weighted by atomic mass is 10.2. The number of carbonyl (C=O) groups is 1. The van der Waals surface area contributed by atoms with Crippen LogP contribution in [0.4, 0.5) is 0 Å². The van der Waals surface area contributed by atoms with Crippen LogP contribution in [0.25, 0.3) is 0 Å². The summed E-state index contributed by atoms with van der Waals surface area (Å²) in [5.41, 5.74) is -0.00451. The van der Waals surface area contributed by atoms with Crippen molar-refractivity contribution in [3.05, 3.63) is 16.3 Å². The van der Waals surface area contributed by atoms with Gasteiger partial charge in [0.05, 0.1) is 0 Å². The third-order valence-corrected chi connectivity index (χ3v) is 3.54. The molecule has 19 heavy (non-hydrogen) atoms. The quantitative estimate of drug-likeness (QED) is 0.791. The molecule has 1 aromatic heterocycles. The molecule has 1 aliphatic rings. The summed E-state index contributed by atoms with van der Waals surface area (Å²) in [4.78, 5) is 22.5. The highest BCUT2D eigenvalue weighted by Gasteiger charge is 2.14. The van der Waals surface area contributed by atoms with Crippen LogP contribution in [0.2, 0.25) is 0 Å². The normalized spacial score (nSPS) is 14.9. The van der Waals surface area contributed by atoms with E-state index >= 15 is 0 Å². The summed E-state index contributed by atoms with van der Waals surface area (Å²) < 4.78 is 3.34. The Labute approximate surface area is 112 Å². The number of aryl methyl sites for hydroxylation is 2. The van der Waals surface area contributed by atoms with Crippen molar-refractivity contribution >= 4 is 5.97 Å². The van der Waals surface area contributed by atoms with Crippen molar-refractivity contribution in [3.63, 3.8) is 0 Å². The Morgan fingerprint density at radius 2 is 2.05 bits per heavy atom. The number of hydrogen-bond acceptors (Lipinski definition) is 3. The number of rotatable bonds is 6. The maximum atomic E-state index is 12.1. The first-order chi connectivity index (χ1) is 9.18. The summed E-state index contributed by atoms with van der Waals surface area (Å²) in [7, 11) is 0. The van der Waals surface area contributed by atoms with Gasteiger partial charge in [-0.15, -0.1) is 0 Å². The zero-order chi connectivity index (χ0) is 13.7. The molecule has 0 spiro atoms. The van der Waals surface area contributed by atoms with Gasteiger partial charge in [-0.1, -0.05) is 12.8 Å². The second-order valence-electron chi connectivity index (χ2n) is 5.09. The molecule has 6 heteroatoms. The number of aromatic nitrogens is 3. The lowest BCUT2D eigenvalue weighted by Crippen LogP contribution is -2.25. The molecule has 6 nitrogen and oxygen atoms in total. The Hall–Kier alpha value is -1.59. The molecule has 0 aromatic carbocycles. The first kappa shape index (κ1) is 13.8. The van der Waals surface area contributed by atoms with Crippen LogP contribution in [0.1, 0.15) is 50.8 Å². The van der Waals surface area contributed by atoms with Crippen LogP contribution in [-0.2, 0) is 24.3 Å². The molecule has 0 bridgehead atoms. The van der Waals surface area contributed by atoms with E-state index in [1.165, 1.54) is 0 Å². The molecule has 0 saturated heterocycles. The first-order valence-corrected chi connectivity index (χ1v) is 7.07. The predicted molar refractivity (Wildman–Crippen MR) is 70.1 cm³/mol. The van der Waals surface area contributed by atoms with E-state index in [-0.39, 0.29) is 12.1 Å². The highest BCUT2D eigenvalue weighted by Crippen LogP contribution is 2.10. The number of unbranched alkanes of at least 4 members (excludes halogenated alkanes) is 2. The summed E-state index contributed by atoms with van der Waals surface area (Å²) in [6, 6.07) is 0. The van der Waals surface area contributed by atoms with Crippen LogP contribution in [-0.4, -0.2) is 25.4 Å². The molecule has 0 unspecified atom stereocenters. The molecule has 1 aliphatic heterocycles. The van der Waals surface area contributed by atoms with Gasteiger partial charge in [0.2, 0.25) is 0 Å². The van der Waals surface area contributed by atoms with E-state index in [0.717, 1.165) is 50.9 Å². The third-order valence-electron chi connectivity index (χ3n) is 3.54. The monoisotopic (exact) mass is 267 g/mol. The second kappa shape index (κ2) is 6.54. The fourth-order valence-corrected chi connectivity index (χ4v) is 2.49. The molecule has 1 N–H and O–H groups in total. The summed E-state index contributed by atoms with van der Waals surface area (Å²) in [5, 5.41) is 12.9. The van der Waals surface area contributed by atoms with E-state index < -0.39 is 5.97 Å². The molecule has 0 amide bonds. The Morgan fingerprint density at radius 1 is 1.21 bits per heavy atom. The van der Waals surface area contributed by atoms with Gasteiger partial charge in [0, 0.05) is 25.9 Å². The maximum absolute atomic E-state index is 12.1. The summed E-state index contributed by atoms with van der Waals surface area (Å²) in [6.07, 6.45) is 6.71. The lowest BCUT2D eigenvalue weighted by molar-refractivity contribution is -0.137. The van der Waals surface area contributed by atoms with E-state index in [1.54, 1.807) is 9.25 Å². The van der Waals surface area contributed by atoms with Crippen molar-refractivity contribution in [3.8, 4) is 0 Å². The summed E-state index contributed by atoms with van der Waals surface area (Å²) >= 11 is 0. The van der Waals surface area contributed by atoms with Crippen LogP contribution in [0.15, 0.2) is 4.79 Å². The predicted octanol–water partition coefficient (Wildman–Crippen LogP) is 1.42. The molecule has 2 rings (SSSR count). The highest BCUT2D eigenvalue weighted by atomic mass is 16.4. The average Bonchev–Trinajstić information content (AvgIpc) is 2.55. The third kappa shape index (κ3) is 3.68. The minimum Gasteiger partial charge on any atom is -0.481 e. The largest absolute Gasteiger partial charge is 0.481 e. The van der Waals surface area contributed by atoms with Crippen LogP contribution in [0.3, 0.4) is 0 Å². The summed E-state index contributed by atoms with van der Waals surface area (Å²) in [5.74, 6) is 0.152. The minimum absolute atomic E-state index is 0.00451. The second-order valence-corrected chi connectivity index (χ2v) is 5.09. The topological polar surface area (TPSA) is 77.1 Å². The van der Waals surface area contributed by atoms with E-state index in [0.29, 0.717) is 13.0 Å². The maximum Gasteiger partial charge on any atom is 0.345 e. The van der Waals surface area contributed by atoms with Crippen LogP contribution >= 0.6 is 0 Å². The fourth-order valence-electron chi connectivity index (χ4n) is 2.49. The number of hydrogen-bond donors (Lipinski definition) is 1. The Bertz CT molecular complexity index is 490. The van der Waals surface area contributed by atoms with Crippen molar-refractivity contribution in [1.82, 2.24) is 14.3 Å². The van der Waals surface area contributed by atoms with Gasteiger partial charge in [0.25, 0.3) is 0 Å². The van der Waals surface area contributed by atoms with Gasteiger partial charge in [-0.25, -0.2) is 9.48 Å². The average molecular weight is 267 g/mol. The van der Waals surface area contributed by atoms with Gasteiger partial charge in [-0.2, -0.15) is 5.10 Å². The molecule has 0 atom stereocenters. The molecular formula is C13H21N3O3. The standard InChI is InChI=1S/C13H21N3O3/c17-12(18)8-4-2-6-10-16-13(19)15-9-5-1-3-7-11(15)14-16/h1-10H2,(H,17,18). The Morgan fingerprint density at radius 3 is 2.84 bits per heavy atom. The lowest BCUT2D eigenvalue weighted by Gasteiger charge is -2.00. The molecule has 0 fully saturated rings. The Balaban J connectivity index is 1.87. The van der Waals surface area contributed by atoms with E-state index in [9.17, 15) is 9.59 Å². The molecular weight excluding hydrogens is 246 g/mol. The highest BCUT2D eigenvalue weighted by molar-refractivity contribution is 5.66. The molecule has 0 aliphatic carbocycles.